The minimum Gasteiger partial charge on any atom is -0.508 e. The van der Waals surface area contributed by atoms with Crippen LogP contribution >= 0.6 is 0 Å². The standard InChI is InChI=1S/C14H10NO2.C5H5.Fe/c16-10-5-6-13-11(8-10)12(14(17)15-13)7-9-3-1-2-4-9;1-2-4-5-3-1;/h1-8,16H,(H,15,17);1-5H;/q;;+2/b12-7+;;. The average Bonchev–Trinajstić information content (AvgIpc) is 3.25. The van der Waals surface area contributed by atoms with E-state index in [4.69, 9.17) is 0 Å². The van der Waals surface area contributed by atoms with Gasteiger partial charge in [0.25, 0.3) is 5.91 Å². The van der Waals surface area contributed by atoms with Gasteiger partial charge in [-0.25, -0.2) is 0 Å². The predicted octanol–water partition coefficient (Wildman–Crippen LogP) is 3.15. The van der Waals surface area contributed by atoms with Crippen molar-refractivity contribution in [1.29, 1.82) is 0 Å². The molecule has 23 heavy (non-hydrogen) atoms. The van der Waals surface area contributed by atoms with E-state index >= 15 is 0 Å². The summed E-state index contributed by atoms with van der Waals surface area (Å²) in [6, 6.07) is 4.86. The van der Waals surface area contributed by atoms with Crippen LogP contribution in [0.1, 0.15) is 5.56 Å². The van der Waals surface area contributed by atoms with Crippen molar-refractivity contribution in [2.24, 2.45) is 0 Å². The molecule has 1 heterocycles. The van der Waals surface area contributed by atoms with Crippen LogP contribution in [0.4, 0.5) is 5.69 Å². The molecule has 114 valence electrons. The Hall–Kier alpha value is -1.25. The molecular weight excluding hydrogens is 330 g/mol. The van der Waals surface area contributed by atoms with E-state index in [-0.39, 0.29) is 28.7 Å². The smallest absolute Gasteiger partial charge is 0.508 e. The molecular formula is C19H15FeNO2+2. The number of phenolic OH excluding ortho intramolecular Hbond substituents is 1. The van der Waals surface area contributed by atoms with E-state index in [0.29, 0.717) is 5.57 Å². The van der Waals surface area contributed by atoms with E-state index in [2.05, 4.69) is 5.32 Å². The third-order valence-electron chi connectivity index (χ3n) is 3.34. The van der Waals surface area contributed by atoms with Crippen molar-refractivity contribution in [3.63, 3.8) is 0 Å². The number of aromatic hydroxyl groups is 1. The first-order valence-electron chi connectivity index (χ1n) is 6.99. The molecule has 0 spiro atoms. The quantitative estimate of drug-likeness (QED) is 0.467. The monoisotopic (exact) mass is 345 g/mol. The van der Waals surface area contributed by atoms with Gasteiger partial charge in [-0.05, 0) is 76.0 Å². The van der Waals surface area contributed by atoms with Gasteiger partial charge in [-0.3, -0.25) is 4.79 Å². The first-order chi connectivity index (χ1) is 10.7. The number of amides is 1. The number of carbonyl (C=O) groups excluding carboxylic acids is 1. The van der Waals surface area contributed by atoms with Crippen LogP contribution in [0.3, 0.4) is 0 Å². The number of hydrogen-bond donors (Lipinski definition) is 2. The second-order valence-corrected chi connectivity index (χ2v) is 4.92. The minimum atomic E-state index is -0.133. The normalized spacial score (nSPS) is 21.4. The average molecular weight is 345 g/mol. The molecule has 2 fully saturated rings. The zero-order chi connectivity index (χ0) is 15.4. The topological polar surface area (TPSA) is 49.3 Å². The van der Waals surface area contributed by atoms with Crippen LogP contribution in [0.5, 0.6) is 5.75 Å². The van der Waals surface area contributed by atoms with Gasteiger partial charge in [0.05, 0.1) is 0 Å². The van der Waals surface area contributed by atoms with Crippen molar-refractivity contribution >= 4 is 17.2 Å². The van der Waals surface area contributed by atoms with Gasteiger partial charge < -0.3 is 10.4 Å². The first-order valence-corrected chi connectivity index (χ1v) is 6.99. The zero-order valence-corrected chi connectivity index (χ0v) is 13.3. The van der Waals surface area contributed by atoms with Crippen LogP contribution in [0.2, 0.25) is 0 Å². The number of hydrogen-bond acceptors (Lipinski definition) is 2. The van der Waals surface area contributed by atoms with E-state index in [1.54, 1.807) is 18.2 Å². The Morgan fingerprint density at radius 3 is 2.13 bits per heavy atom. The van der Waals surface area contributed by atoms with Gasteiger partial charge in [-0.2, -0.15) is 0 Å². The Bertz CT molecular complexity index is 565. The fourth-order valence-corrected chi connectivity index (χ4v) is 2.29. The first kappa shape index (κ1) is 18.1. The van der Waals surface area contributed by atoms with Crippen LogP contribution in [0, 0.1) is 63.7 Å². The summed E-state index contributed by atoms with van der Waals surface area (Å²) in [5, 5.41) is 12.2. The molecule has 1 aromatic carbocycles. The summed E-state index contributed by atoms with van der Waals surface area (Å²) >= 11 is 0. The van der Waals surface area contributed by atoms with Crippen molar-refractivity contribution in [3.05, 3.63) is 93.5 Å². The number of benzene rings is 1. The molecule has 2 saturated carbocycles. The number of allylic oxidation sites excluding steroid dienone is 1. The number of phenols is 1. The Morgan fingerprint density at radius 2 is 1.52 bits per heavy atom. The van der Waals surface area contributed by atoms with Gasteiger partial charge >= 0.3 is 17.1 Å². The maximum atomic E-state index is 11.8. The summed E-state index contributed by atoms with van der Waals surface area (Å²) in [5.41, 5.74) is 2.07. The molecule has 10 radical (unpaired) electrons. The van der Waals surface area contributed by atoms with E-state index in [9.17, 15) is 9.90 Å². The van der Waals surface area contributed by atoms with Gasteiger partial charge in [-0.15, -0.1) is 0 Å². The Balaban J connectivity index is 0.000000276. The van der Waals surface area contributed by atoms with Crippen molar-refractivity contribution in [1.82, 2.24) is 0 Å². The van der Waals surface area contributed by atoms with Crippen LogP contribution in [0.25, 0.3) is 5.57 Å². The van der Waals surface area contributed by atoms with Crippen LogP contribution in [0.15, 0.2) is 24.3 Å². The number of rotatable bonds is 1. The van der Waals surface area contributed by atoms with Gasteiger partial charge in [0.2, 0.25) is 0 Å². The maximum absolute atomic E-state index is 11.8. The summed E-state index contributed by atoms with van der Waals surface area (Å²) < 4.78 is 0. The van der Waals surface area contributed by atoms with Gasteiger partial charge in [0.15, 0.2) is 0 Å². The summed E-state index contributed by atoms with van der Waals surface area (Å²) in [6.45, 7) is 0. The number of nitrogens with one attached hydrogen (secondary N) is 1. The Kier molecular flexibility index (Phi) is 6.73. The second-order valence-electron chi connectivity index (χ2n) is 4.92. The third-order valence-corrected chi connectivity index (χ3v) is 3.34. The van der Waals surface area contributed by atoms with E-state index in [1.807, 2.05) is 63.9 Å². The minimum absolute atomic E-state index is 0. The Morgan fingerprint density at radius 1 is 0.913 bits per heavy atom. The summed E-state index contributed by atoms with van der Waals surface area (Å²) in [4.78, 5) is 11.8. The molecule has 0 aromatic heterocycles. The number of carbonyl (C=O) groups is 1. The van der Waals surface area contributed by atoms with Gasteiger partial charge in [-0.1, -0.05) is 6.08 Å². The third kappa shape index (κ3) is 4.62. The molecule has 0 bridgehead atoms. The molecule has 0 unspecified atom stereocenters. The molecule has 3 nitrogen and oxygen atoms in total. The number of fused-ring (bicyclic) bond motifs is 1. The van der Waals surface area contributed by atoms with Gasteiger partial charge in [0, 0.05) is 22.7 Å². The maximum Gasteiger partial charge on any atom is 2.00 e. The largest absolute Gasteiger partial charge is 2.00 e. The van der Waals surface area contributed by atoms with E-state index in [1.165, 1.54) is 0 Å². The molecule has 1 aromatic rings. The molecule has 1 aliphatic heterocycles. The van der Waals surface area contributed by atoms with Gasteiger partial charge in [0.1, 0.15) is 5.75 Å². The van der Waals surface area contributed by atoms with E-state index < -0.39 is 0 Å². The molecule has 0 saturated heterocycles. The van der Waals surface area contributed by atoms with E-state index in [0.717, 1.165) is 17.2 Å². The fourth-order valence-electron chi connectivity index (χ4n) is 2.29. The predicted molar refractivity (Wildman–Crippen MR) is 86.7 cm³/mol. The van der Waals surface area contributed by atoms with Crippen molar-refractivity contribution in [2.45, 2.75) is 0 Å². The van der Waals surface area contributed by atoms with Crippen LogP contribution in [-0.2, 0) is 21.9 Å². The molecule has 4 heteroatoms. The fraction of sp³-hybridized carbons (Fsp3) is 0. The summed E-state index contributed by atoms with van der Waals surface area (Å²) in [7, 11) is 0. The SMILES string of the molecule is O=C1Nc2ccc(O)cc2/C1=C\[C]1[CH][CH][CH][CH]1.[CH]1[CH][CH][CH][CH]1.[Fe+2]. The molecule has 1 amide bonds. The molecule has 2 N–H and O–H groups in total. The van der Waals surface area contributed by atoms with Crippen LogP contribution < -0.4 is 5.32 Å². The molecule has 2 aliphatic carbocycles. The second kappa shape index (κ2) is 8.56. The van der Waals surface area contributed by atoms with Crippen molar-refractivity contribution in [3.8, 4) is 5.75 Å². The van der Waals surface area contributed by atoms with Crippen molar-refractivity contribution < 1.29 is 27.0 Å². The zero-order valence-electron chi connectivity index (χ0n) is 12.2. The Labute approximate surface area is 149 Å². The molecule has 0 atom stereocenters. The van der Waals surface area contributed by atoms with Crippen molar-refractivity contribution in [2.75, 3.05) is 5.32 Å². The molecule has 3 aliphatic rings. The number of anilines is 1. The summed E-state index contributed by atoms with van der Waals surface area (Å²) in [5.74, 6) is 1.01. The summed E-state index contributed by atoms with van der Waals surface area (Å²) in [6.07, 6.45) is 19.5. The molecule has 4 rings (SSSR count). The van der Waals surface area contributed by atoms with Crippen LogP contribution in [-0.4, -0.2) is 11.0 Å².